The summed E-state index contributed by atoms with van der Waals surface area (Å²) in [5.74, 6) is 0.0269. The number of fused-ring (bicyclic) bond motifs is 1. The van der Waals surface area contributed by atoms with Crippen LogP contribution in [0.5, 0.6) is 0 Å². The molecular formula is C13H12N2O2. The highest BCUT2D eigenvalue weighted by atomic mass is 16.1. The quantitative estimate of drug-likeness (QED) is 0.737. The van der Waals surface area contributed by atoms with Crippen molar-refractivity contribution in [2.24, 2.45) is 5.92 Å². The summed E-state index contributed by atoms with van der Waals surface area (Å²) >= 11 is 0. The van der Waals surface area contributed by atoms with E-state index in [1.165, 1.54) is 0 Å². The van der Waals surface area contributed by atoms with Gasteiger partial charge < -0.3 is 4.40 Å². The minimum atomic E-state index is -0.160. The van der Waals surface area contributed by atoms with Gasteiger partial charge in [0.05, 0.1) is 0 Å². The summed E-state index contributed by atoms with van der Waals surface area (Å²) in [7, 11) is 0. The topological polar surface area (TPSA) is 51.4 Å². The Kier molecular flexibility index (Phi) is 2.28. The molecule has 4 heteroatoms. The highest BCUT2D eigenvalue weighted by Crippen LogP contribution is 2.25. The van der Waals surface area contributed by atoms with Crippen LogP contribution in [0.3, 0.4) is 0 Å². The van der Waals surface area contributed by atoms with Gasteiger partial charge in [0.2, 0.25) is 0 Å². The molecule has 17 heavy (non-hydrogen) atoms. The lowest BCUT2D eigenvalue weighted by Crippen LogP contribution is -2.12. The van der Waals surface area contributed by atoms with E-state index in [2.05, 4.69) is 4.98 Å². The van der Waals surface area contributed by atoms with Gasteiger partial charge >= 0.3 is 0 Å². The molecule has 1 aliphatic carbocycles. The van der Waals surface area contributed by atoms with E-state index < -0.39 is 0 Å². The molecule has 0 aromatic carbocycles. The Hall–Kier alpha value is -1.97. The van der Waals surface area contributed by atoms with Crippen LogP contribution in [-0.2, 0) is 4.79 Å². The average Bonchev–Trinajstić information content (AvgIpc) is 2.93. The van der Waals surface area contributed by atoms with Gasteiger partial charge in [-0.15, -0.1) is 0 Å². The van der Waals surface area contributed by atoms with Crippen LogP contribution in [0.4, 0.5) is 0 Å². The summed E-state index contributed by atoms with van der Waals surface area (Å²) < 4.78 is 1.82. The Morgan fingerprint density at radius 2 is 2.29 bits per heavy atom. The molecule has 2 aromatic rings. The molecule has 1 fully saturated rings. The van der Waals surface area contributed by atoms with E-state index in [0.29, 0.717) is 25.0 Å². The number of aromatic nitrogens is 2. The van der Waals surface area contributed by atoms with Crippen molar-refractivity contribution in [3.8, 4) is 0 Å². The molecule has 0 aliphatic heterocycles. The van der Waals surface area contributed by atoms with Crippen molar-refractivity contribution in [3.05, 3.63) is 36.3 Å². The standard InChI is InChI=1S/C13H12N2O2/c16-10-5-4-9(7-10)13(17)11-8-15-6-2-1-3-12(15)14-11/h1-3,6,8-9H,4-5,7H2. The first-order valence-corrected chi connectivity index (χ1v) is 5.74. The van der Waals surface area contributed by atoms with E-state index in [4.69, 9.17) is 0 Å². The summed E-state index contributed by atoms with van der Waals surface area (Å²) in [6.45, 7) is 0. The van der Waals surface area contributed by atoms with E-state index in [0.717, 1.165) is 5.65 Å². The monoisotopic (exact) mass is 228 g/mol. The van der Waals surface area contributed by atoms with E-state index in [1.807, 2.05) is 28.8 Å². The van der Waals surface area contributed by atoms with E-state index in [-0.39, 0.29) is 17.5 Å². The molecule has 4 nitrogen and oxygen atoms in total. The zero-order chi connectivity index (χ0) is 11.8. The molecule has 1 atom stereocenters. The highest BCUT2D eigenvalue weighted by molar-refractivity contribution is 6.00. The Morgan fingerprint density at radius 1 is 1.41 bits per heavy atom. The van der Waals surface area contributed by atoms with Gasteiger partial charge in [-0.3, -0.25) is 9.59 Å². The van der Waals surface area contributed by atoms with Crippen molar-refractivity contribution in [1.82, 2.24) is 9.38 Å². The minimum absolute atomic E-state index is 0.000417. The van der Waals surface area contributed by atoms with Crippen molar-refractivity contribution in [2.45, 2.75) is 19.3 Å². The number of carbonyl (C=O) groups is 2. The highest BCUT2D eigenvalue weighted by Gasteiger charge is 2.30. The van der Waals surface area contributed by atoms with Crippen molar-refractivity contribution >= 4 is 17.2 Å². The molecule has 0 radical (unpaired) electrons. The van der Waals surface area contributed by atoms with E-state index in [9.17, 15) is 9.59 Å². The van der Waals surface area contributed by atoms with Gasteiger partial charge in [0.15, 0.2) is 5.78 Å². The number of pyridine rings is 1. The van der Waals surface area contributed by atoms with Crippen LogP contribution in [-0.4, -0.2) is 21.0 Å². The first kappa shape index (κ1) is 10.2. The van der Waals surface area contributed by atoms with Gasteiger partial charge in [0, 0.05) is 31.2 Å². The minimum Gasteiger partial charge on any atom is -0.306 e. The Morgan fingerprint density at radius 3 is 3.00 bits per heavy atom. The predicted molar refractivity (Wildman–Crippen MR) is 61.9 cm³/mol. The number of carbonyl (C=O) groups excluding carboxylic acids is 2. The maximum Gasteiger partial charge on any atom is 0.186 e. The lowest BCUT2D eigenvalue weighted by atomic mass is 10.0. The Labute approximate surface area is 98.3 Å². The molecular weight excluding hydrogens is 216 g/mol. The van der Waals surface area contributed by atoms with Crippen LogP contribution >= 0.6 is 0 Å². The fourth-order valence-electron chi connectivity index (χ4n) is 2.30. The molecule has 1 saturated carbocycles. The SMILES string of the molecule is O=C1CCC(C(=O)c2cn3ccccc3n2)C1. The third-order valence-electron chi connectivity index (χ3n) is 3.23. The van der Waals surface area contributed by atoms with E-state index >= 15 is 0 Å². The molecule has 0 N–H and O–H groups in total. The van der Waals surface area contributed by atoms with Crippen LogP contribution in [0, 0.1) is 5.92 Å². The van der Waals surface area contributed by atoms with Gasteiger partial charge in [-0.25, -0.2) is 4.98 Å². The van der Waals surface area contributed by atoms with Crippen molar-refractivity contribution in [3.63, 3.8) is 0 Å². The van der Waals surface area contributed by atoms with Gasteiger partial charge in [-0.2, -0.15) is 0 Å². The molecule has 0 bridgehead atoms. The third-order valence-corrected chi connectivity index (χ3v) is 3.23. The third kappa shape index (κ3) is 1.75. The maximum atomic E-state index is 12.1. The predicted octanol–water partition coefficient (Wildman–Crippen LogP) is 1.89. The summed E-state index contributed by atoms with van der Waals surface area (Å²) in [5.41, 5.74) is 1.23. The van der Waals surface area contributed by atoms with E-state index in [1.54, 1.807) is 6.20 Å². The molecule has 0 spiro atoms. The molecule has 2 aromatic heterocycles. The number of imidazole rings is 1. The van der Waals surface area contributed by atoms with Gasteiger partial charge in [0.25, 0.3) is 0 Å². The van der Waals surface area contributed by atoms with Gasteiger partial charge in [-0.1, -0.05) is 6.07 Å². The number of rotatable bonds is 2. The number of Topliss-reactive ketones (excluding diaryl/α,β-unsaturated/α-hetero) is 2. The fraction of sp³-hybridized carbons (Fsp3) is 0.308. The number of hydrogen-bond acceptors (Lipinski definition) is 3. The average molecular weight is 228 g/mol. The van der Waals surface area contributed by atoms with Crippen LogP contribution in [0.25, 0.3) is 5.65 Å². The molecule has 1 aliphatic rings. The molecule has 2 heterocycles. The summed E-state index contributed by atoms with van der Waals surface area (Å²) in [6, 6.07) is 5.63. The van der Waals surface area contributed by atoms with Crippen LogP contribution in [0.15, 0.2) is 30.6 Å². The van der Waals surface area contributed by atoms with Crippen molar-refractivity contribution in [1.29, 1.82) is 0 Å². The second-order valence-electron chi connectivity index (χ2n) is 4.43. The Balaban J connectivity index is 1.93. The first-order valence-electron chi connectivity index (χ1n) is 5.74. The molecule has 1 unspecified atom stereocenters. The van der Waals surface area contributed by atoms with Gasteiger partial charge in [0.1, 0.15) is 17.1 Å². The summed E-state index contributed by atoms with van der Waals surface area (Å²) in [4.78, 5) is 27.6. The number of hydrogen-bond donors (Lipinski definition) is 0. The molecule has 0 amide bonds. The van der Waals surface area contributed by atoms with Crippen molar-refractivity contribution < 1.29 is 9.59 Å². The van der Waals surface area contributed by atoms with Crippen LogP contribution < -0.4 is 0 Å². The zero-order valence-electron chi connectivity index (χ0n) is 9.30. The lowest BCUT2D eigenvalue weighted by Gasteiger charge is -2.02. The lowest BCUT2D eigenvalue weighted by molar-refractivity contribution is -0.117. The molecule has 3 rings (SSSR count). The van der Waals surface area contributed by atoms with Crippen LogP contribution in [0.2, 0.25) is 0 Å². The zero-order valence-corrected chi connectivity index (χ0v) is 9.30. The summed E-state index contributed by atoms with van der Waals surface area (Å²) in [5, 5.41) is 0. The van der Waals surface area contributed by atoms with Gasteiger partial charge in [-0.05, 0) is 18.6 Å². The normalized spacial score (nSPS) is 20.0. The van der Waals surface area contributed by atoms with Crippen molar-refractivity contribution in [2.75, 3.05) is 0 Å². The summed E-state index contributed by atoms with van der Waals surface area (Å²) in [6.07, 6.45) is 5.18. The largest absolute Gasteiger partial charge is 0.306 e. The second-order valence-corrected chi connectivity index (χ2v) is 4.43. The molecule has 86 valence electrons. The molecule has 0 saturated heterocycles. The Bertz CT molecular complexity index is 567. The number of ketones is 2. The second kappa shape index (κ2) is 3.80. The smallest absolute Gasteiger partial charge is 0.186 e. The van der Waals surface area contributed by atoms with Crippen LogP contribution in [0.1, 0.15) is 29.8 Å². The fourth-order valence-corrected chi connectivity index (χ4v) is 2.30. The maximum absolute atomic E-state index is 12.1. The number of nitrogens with zero attached hydrogens (tertiary/aromatic N) is 2. The first-order chi connectivity index (χ1) is 8.24.